The van der Waals surface area contributed by atoms with Gasteiger partial charge in [0.1, 0.15) is 5.01 Å². The van der Waals surface area contributed by atoms with Gasteiger partial charge in [-0.1, -0.05) is 24.2 Å². The van der Waals surface area contributed by atoms with Gasteiger partial charge >= 0.3 is 12.0 Å². The molecule has 0 unspecified atom stereocenters. The summed E-state index contributed by atoms with van der Waals surface area (Å²) in [6, 6.07) is -0.515. The van der Waals surface area contributed by atoms with Gasteiger partial charge in [0.25, 0.3) is 0 Å². The highest BCUT2D eigenvalue weighted by atomic mass is 32.1. The first-order valence-electron chi connectivity index (χ1n) is 3.87. The van der Waals surface area contributed by atoms with Crippen molar-refractivity contribution in [2.75, 3.05) is 5.32 Å². The fourth-order valence-electron chi connectivity index (χ4n) is 0.744. The molecule has 7 nitrogen and oxygen atoms in total. The van der Waals surface area contributed by atoms with Gasteiger partial charge < -0.3 is 5.11 Å². The molecule has 0 aliphatic heterocycles. The number of nitrogens with zero attached hydrogens (tertiary/aromatic N) is 2. The second-order valence-electron chi connectivity index (χ2n) is 2.46. The van der Waals surface area contributed by atoms with Crippen LogP contribution in [0.3, 0.4) is 0 Å². The molecule has 1 aromatic heterocycles. The van der Waals surface area contributed by atoms with Crippen molar-refractivity contribution < 1.29 is 14.7 Å². The standard InChI is InChI=1S/C6H8N4O3S2/c11-4(12)2-1-3-8-9-6(15-3)7-5(13)10-14/h14H,1-2H2,(H,11,12)(H2,7,9,10,13). The molecule has 0 aliphatic rings. The number of carboxylic acids is 1. The molecule has 0 radical (unpaired) electrons. The number of carboxylic acid groups (broad SMARTS) is 1. The van der Waals surface area contributed by atoms with E-state index in [1.54, 1.807) is 0 Å². The summed E-state index contributed by atoms with van der Waals surface area (Å²) in [5.74, 6) is -0.896. The molecule has 0 fully saturated rings. The van der Waals surface area contributed by atoms with E-state index in [1.807, 2.05) is 0 Å². The maximum atomic E-state index is 10.8. The molecule has 1 rings (SSSR count). The average molecular weight is 248 g/mol. The van der Waals surface area contributed by atoms with Crippen molar-refractivity contribution in [1.29, 1.82) is 0 Å². The Morgan fingerprint density at radius 2 is 2.20 bits per heavy atom. The SMILES string of the molecule is O=C(O)CCc1nnc(NC(=O)NS)s1. The van der Waals surface area contributed by atoms with E-state index < -0.39 is 12.0 Å². The van der Waals surface area contributed by atoms with E-state index in [1.165, 1.54) is 0 Å². The quantitative estimate of drug-likeness (QED) is 0.582. The highest BCUT2D eigenvalue weighted by Gasteiger charge is 2.08. The lowest BCUT2D eigenvalue weighted by Gasteiger charge is -1.95. The summed E-state index contributed by atoms with van der Waals surface area (Å²) in [4.78, 5) is 21.1. The summed E-state index contributed by atoms with van der Waals surface area (Å²) in [6.45, 7) is 0. The monoisotopic (exact) mass is 248 g/mol. The molecular formula is C6H8N4O3S2. The Morgan fingerprint density at radius 3 is 2.80 bits per heavy atom. The van der Waals surface area contributed by atoms with Gasteiger partial charge in [0.15, 0.2) is 0 Å². The minimum atomic E-state index is -0.896. The molecule has 0 aliphatic carbocycles. The Kier molecular flexibility index (Phi) is 4.31. The molecule has 0 saturated carbocycles. The molecule has 0 aromatic carbocycles. The molecule has 2 amide bonds. The fourth-order valence-corrected chi connectivity index (χ4v) is 1.53. The molecule has 1 aromatic rings. The van der Waals surface area contributed by atoms with Crippen LogP contribution in [0.2, 0.25) is 0 Å². The first-order chi connectivity index (χ1) is 7.11. The van der Waals surface area contributed by atoms with Gasteiger partial charge in [-0.15, -0.1) is 10.2 Å². The topological polar surface area (TPSA) is 104 Å². The van der Waals surface area contributed by atoms with E-state index in [0.29, 0.717) is 16.6 Å². The predicted octanol–water partition coefficient (Wildman–Crippen LogP) is 0.522. The van der Waals surface area contributed by atoms with Crippen molar-refractivity contribution in [3.05, 3.63) is 5.01 Å². The Hall–Kier alpha value is -1.35. The first-order valence-corrected chi connectivity index (χ1v) is 5.13. The number of carbonyl (C=O) groups excluding carboxylic acids is 1. The van der Waals surface area contributed by atoms with Crippen molar-refractivity contribution in [1.82, 2.24) is 14.9 Å². The second kappa shape index (κ2) is 5.51. The molecule has 3 N–H and O–H groups in total. The number of urea groups is 1. The molecule has 0 saturated heterocycles. The lowest BCUT2D eigenvalue weighted by atomic mass is 10.3. The molecule has 0 bridgehead atoms. The van der Waals surface area contributed by atoms with Crippen molar-refractivity contribution in [3.63, 3.8) is 0 Å². The Labute approximate surface area is 94.4 Å². The predicted molar refractivity (Wildman–Crippen MR) is 57.0 cm³/mol. The molecule has 82 valence electrons. The Bertz CT molecular complexity index is 367. The minimum Gasteiger partial charge on any atom is -0.481 e. The summed E-state index contributed by atoms with van der Waals surface area (Å²) in [5, 5.41) is 19.0. The number of anilines is 1. The minimum absolute atomic E-state index is 0.00655. The van der Waals surface area contributed by atoms with Crippen LogP contribution in [0.4, 0.5) is 9.93 Å². The Balaban J connectivity index is 2.49. The number of hydrogen-bond acceptors (Lipinski definition) is 6. The largest absolute Gasteiger partial charge is 0.481 e. The van der Waals surface area contributed by atoms with Crippen molar-refractivity contribution in [2.45, 2.75) is 12.8 Å². The lowest BCUT2D eigenvalue weighted by Crippen LogP contribution is -2.20. The highest BCUT2D eigenvalue weighted by Crippen LogP contribution is 2.16. The summed E-state index contributed by atoms with van der Waals surface area (Å²) >= 11 is 4.66. The van der Waals surface area contributed by atoms with Crippen molar-refractivity contribution in [3.8, 4) is 0 Å². The zero-order valence-electron chi connectivity index (χ0n) is 7.43. The van der Waals surface area contributed by atoms with Crippen LogP contribution in [-0.4, -0.2) is 27.3 Å². The van der Waals surface area contributed by atoms with Crippen LogP contribution in [0.15, 0.2) is 0 Å². The third-order valence-corrected chi connectivity index (χ3v) is 2.44. The number of aliphatic carboxylic acids is 1. The summed E-state index contributed by atoms with van der Waals surface area (Å²) in [5.41, 5.74) is 0. The van der Waals surface area contributed by atoms with Crippen LogP contribution in [0.25, 0.3) is 0 Å². The Morgan fingerprint density at radius 1 is 1.47 bits per heavy atom. The summed E-state index contributed by atoms with van der Waals surface area (Å²) in [7, 11) is 0. The van der Waals surface area contributed by atoms with E-state index in [9.17, 15) is 9.59 Å². The van der Waals surface area contributed by atoms with Gasteiger partial charge in [0.05, 0.1) is 6.42 Å². The number of amides is 2. The van der Waals surface area contributed by atoms with Gasteiger partial charge in [-0.2, -0.15) is 0 Å². The van der Waals surface area contributed by atoms with E-state index in [0.717, 1.165) is 11.3 Å². The third kappa shape index (κ3) is 4.13. The molecule has 0 atom stereocenters. The van der Waals surface area contributed by atoms with E-state index in [-0.39, 0.29) is 6.42 Å². The van der Waals surface area contributed by atoms with Crippen LogP contribution < -0.4 is 10.0 Å². The molecule has 0 spiro atoms. The molecule has 9 heteroatoms. The fraction of sp³-hybridized carbons (Fsp3) is 0.333. The number of thiol groups is 1. The van der Waals surface area contributed by atoms with Crippen molar-refractivity contribution >= 4 is 41.3 Å². The summed E-state index contributed by atoms with van der Waals surface area (Å²) in [6.07, 6.45) is 0.296. The molecular weight excluding hydrogens is 240 g/mol. The maximum Gasteiger partial charge on any atom is 0.330 e. The lowest BCUT2D eigenvalue weighted by molar-refractivity contribution is -0.136. The van der Waals surface area contributed by atoms with E-state index >= 15 is 0 Å². The number of nitrogens with one attached hydrogen (secondary N) is 2. The number of rotatable bonds is 4. The van der Waals surface area contributed by atoms with Crippen molar-refractivity contribution in [2.24, 2.45) is 0 Å². The van der Waals surface area contributed by atoms with Crippen LogP contribution in [0, 0.1) is 0 Å². The van der Waals surface area contributed by atoms with Gasteiger partial charge in [-0.05, 0) is 0 Å². The van der Waals surface area contributed by atoms with Gasteiger partial charge in [0, 0.05) is 6.42 Å². The van der Waals surface area contributed by atoms with Crippen LogP contribution >= 0.6 is 24.2 Å². The normalized spacial score (nSPS) is 9.67. The smallest absolute Gasteiger partial charge is 0.330 e. The second-order valence-corrected chi connectivity index (χ2v) is 3.75. The average Bonchev–Trinajstić information content (AvgIpc) is 2.62. The first kappa shape index (κ1) is 11.7. The molecule has 15 heavy (non-hydrogen) atoms. The number of hydrogen-bond donors (Lipinski definition) is 4. The molecule has 1 heterocycles. The van der Waals surface area contributed by atoms with Crippen LogP contribution in [-0.2, 0) is 11.2 Å². The van der Waals surface area contributed by atoms with Gasteiger partial charge in [0.2, 0.25) is 5.13 Å². The van der Waals surface area contributed by atoms with Crippen LogP contribution in [0.5, 0.6) is 0 Å². The van der Waals surface area contributed by atoms with Crippen LogP contribution in [0.1, 0.15) is 11.4 Å². The maximum absolute atomic E-state index is 10.8. The van der Waals surface area contributed by atoms with Gasteiger partial charge in [-0.3, -0.25) is 14.8 Å². The van der Waals surface area contributed by atoms with E-state index in [4.69, 9.17) is 5.11 Å². The summed E-state index contributed by atoms with van der Waals surface area (Å²) < 4.78 is 2.06. The number of aryl methyl sites for hydroxylation is 1. The number of aromatic nitrogens is 2. The highest BCUT2D eigenvalue weighted by molar-refractivity contribution is 7.78. The zero-order valence-corrected chi connectivity index (χ0v) is 9.14. The van der Waals surface area contributed by atoms with E-state index in [2.05, 4.69) is 33.1 Å². The third-order valence-electron chi connectivity index (χ3n) is 1.34. The number of carbonyl (C=O) groups is 2. The van der Waals surface area contributed by atoms with Gasteiger partial charge in [-0.25, -0.2) is 4.79 Å². The zero-order chi connectivity index (χ0) is 11.3.